The highest BCUT2D eigenvalue weighted by atomic mass is 32.1. The van der Waals surface area contributed by atoms with E-state index in [-0.39, 0.29) is 11.9 Å². The summed E-state index contributed by atoms with van der Waals surface area (Å²) in [6, 6.07) is 1.61. The predicted octanol–water partition coefficient (Wildman–Crippen LogP) is 1.79. The van der Waals surface area contributed by atoms with Crippen LogP contribution >= 0.6 is 11.3 Å². The quantitative estimate of drug-likeness (QED) is 0.865. The molecule has 1 heterocycles. The van der Waals surface area contributed by atoms with Crippen LogP contribution in [0.4, 0.5) is 0 Å². The number of hydrogen-bond acceptors (Lipinski definition) is 4. The van der Waals surface area contributed by atoms with Crippen molar-refractivity contribution in [3.63, 3.8) is 0 Å². The average molecular weight is 255 g/mol. The third kappa shape index (κ3) is 2.98. The molecule has 2 atom stereocenters. The lowest BCUT2D eigenvalue weighted by atomic mass is 9.92. The summed E-state index contributed by atoms with van der Waals surface area (Å²) in [6.45, 7) is 0. The molecule has 94 valence electrons. The minimum atomic E-state index is -0.408. The summed E-state index contributed by atoms with van der Waals surface area (Å²) in [5, 5.41) is 14.5. The van der Waals surface area contributed by atoms with Gasteiger partial charge < -0.3 is 15.2 Å². The monoisotopic (exact) mass is 255 g/mol. The number of aliphatic hydroxyl groups is 1. The maximum atomic E-state index is 11.9. The van der Waals surface area contributed by atoms with Gasteiger partial charge in [0, 0.05) is 11.4 Å². The van der Waals surface area contributed by atoms with Crippen molar-refractivity contribution in [2.45, 2.75) is 37.8 Å². The van der Waals surface area contributed by atoms with Crippen molar-refractivity contribution in [3.05, 3.63) is 16.3 Å². The van der Waals surface area contributed by atoms with E-state index in [1.54, 1.807) is 18.6 Å². The number of aliphatic hydroxyl groups excluding tert-OH is 1. The summed E-state index contributed by atoms with van der Waals surface area (Å²) >= 11 is 1.35. The van der Waals surface area contributed by atoms with Crippen molar-refractivity contribution < 1.29 is 14.6 Å². The molecule has 2 N–H and O–H groups in total. The smallest absolute Gasteiger partial charge is 0.261 e. The fourth-order valence-corrected chi connectivity index (χ4v) is 2.82. The Morgan fingerprint density at radius 3 is 2.94 bits per heavy atom. The van der Waals surface area contributed by atoms with Crippen LogP contribution in [0.25, 0.3) is 0 Å². The normalized spacial score (nSPS) is 24.4. The van der Waals surface area contributed by atoms with Crippen molar-refractivity contribution >= 4 is 17.2 Å². The Hall–Kier alpha value is -1.07. The molecule has 2 unspecified atom stereocenters. The minimum Gasteiger partial charge on any atom is -0.496 e. The Kier molecular flexibility index (Phi) is 4.02. The molecule has 1 saturated carbocycles. The maximum absolute atomic E-state index is 11.9. The topological polar surface area (TPSA) is 58.6 Å². The van der Waals surface area contributed by atoms with Crippen LogP contribution in [0.3, 0.4) is 0 Å². The van der Waals surface area contributed by atoms with Crippen molar-refractivity contribution in [3.8, 4) is 5.75 Å². The first-order valence-corrected chi connectivity index (χ1v) is 6.70. The highest BCUT2D eigenvalue weighted by Gasteiger charge is 2.25. The minimum absolute atomic E-state index is 0.107. The van der Waals surface area contributed by atoms with Gasteiger partial charge in [-0.3, -0.25) is 4.79 Å². The third-order valence-electron chi connectivity index (χ3n) is 3.08. The predicted molar refractivity (Wildman–Crippen MR) is 66.6 cm³/mol. The lowest BCUT2D eigenvalue weighted by molar-refractivity contribution is 0.0720. The van der Waals surface area contributed by atoms with Crippen LogP contribution in [-0.4, -0.2) is 30.3 Å². The van der Waals surface area contributed by atoms with E-state index >= 15 is 0 Å². The molecule has 1 amide bonds. The van der Waals surface area contributed by atoms with Gasteiger partial charge in [0.1, 0.15) is 5.75 Å². The van der Waals surface area contributed by atoms with Crippen LogP contribution in [0, 0.1) is 0 Å². The second kappa shape index (κ2) is 5.51. The van der Waals surface area contributed by atoms with Gasteiger partial charge in [-0.15, -0.1) is 11.3 Å². The molecule has 1 fully saturated rings. The van der Waals surface area contributed by atoms with Crippen molar-refractivity contribution in [1.82, 2.24) is 5.32 Å². The number of amides is 1. The number of thiophene rings is 1. The van der Waals surface area contributed by atoms with Gasteiger partial charge in [0.15, 0.2) is 0 Å². The van der Waals surface area contributed by atoms with Gasteiger partial charge in [-0.1, -0.05) is 12.8 Å². The Labute approximate surface area is 105 Å². The van der Waals surface area contributed by atoms with Gasteiger partial charge in [0.25, 0.3) is 5.91 Å². The van der Waals surface area contributed by atoms with Gasteiger partial charge in [0.2, 0.25) is 0 Å². The van der Waals surface area contributed by atoms with E-state index in [4.69, 9.17) is 4.74 Å². The molecule has 1 aliphatic rings. The largest absolute Gasteiger partial charge is 0.496 e. The number of ether oxygens (including phenoxy) is 1. The fraction of sp³-hybridized carbons (Fsp3) is 0.583. The number of nitrogens with one attached hydrogen (secondary N) is 1. The summed E-state index contributed by atoms with van der Waals surface area (Å²) in [4.78, 5) is 12.5. The number of carbonyl (C=O) groups is 1. The molecule has 0 aliphatic heterocycles. The highest BCUT2D eigenvalue weighted by molar-refractivity contribution is 7.12. The van der Waals surface area contributed by atoms with Crippen molar-refractivity contribution in [2.24, 2.45) is 0 Å². The molecular weight excluding hydrogens is 238 g/mol. The molecule has 1 aromatic rings. The van der Waals surface area contributed by atoms with Gasteiger partial charge >= 0.3 is 0 Å². The summed E-state index contributed by atoms with van der Waals surface area (Å²) in [5.41, 5.74) is 0. The summed E-state index contributed by atoms with van der Waals surface area (Å²) in [7, 11) is 1.58. The Balaban J connectivity index is 1.96. The standard InChI is InChI=1S/C12H17NO3S/c1-16-8-6-11(17-7-8)12(15)13-9-4-2-3-5-10(9)14/h6-7,9-10,14H,2-5H2,1H3,(H,13,15). The number of methoxy groups -OCH3 is 1. The SMILES string of the molecule is COc1csc(C(=O)NC2CCCCC2O)c1. The summed E-state index contributed by atoms with van der Waals surface area (Å²) < 4.78 is 5.04. The molecule has 1 aromatic heterocycles. The second-order valence-electron chi connectivity index (χ2n) is 4.28. The van der Waals surface area contributed by atoms with E-state index in [9.17, 15) is 9.90 Å². The molecule has 5 heteroatoms. The maximum Gasteiger partial charge on any atom is 0.261 e. The molecule has 0 bridgehead atoms. The first-order valence-electron chi connectivity index (χ1n) is 5.82. The van der Waals surface area contributed by atoms with Gasteiger partial charge in [0.05, 0.1) is 24.1 Å². The van der Waals surface area contributed by atoms with E-state index < -0.39 is 6.10 Å². The first kappa shape index (κ1) is 12.4. The zero-order valence-electron chi connectivity index (χ0n) is 9.81. The average Bonchev–Trinajstić information content (AvgIpc) is 2.81. The lowest BCUT2D eigenvalue weighted by Gasteiger charge is -2.28. The van der Waals surface area contributed by atoms with E-state index in [0.717, 1.165) is 25.7 Å². The molecule has 0 spiro atoms. The van der Waals surface area contributed by atoms with Gasteiger partial charge in [-0.05, 0) is 12.8 Å². The molecule has 0 radical (unpaired) electrons. The van der Waals surface area contributed by atoms with Gasteiger partial charge in [-0.25, -0.2) is 0 Å². The lowest BCUT2D eigenvalue weighted by Crippen LogP contribution is -2.44. The van der Waals surface area contributed by atoms with Crippen LogP contribution in [0.5, 0.6) is 5.75 Å². The molecule has 17 heavy (non-hydrogen) atoms. The second-order valence-corrected chi connectivity index (χ2v) is 5.19. The Morgan fingerprint density at radius 1 is 1.53 bits per heavy atom. The van der Waals surface area contributed by atoms with Crippen molar-refractivity contribution in [1.29, 1.82) is 0 Å². The summed E-state index contributed by atoms with van der Waals surface area (Å²) in [6.07, 6.45) is 3.33. The number of rotatable bonds is 3. The molecule has 2 rings (SSSR count). The van der Waals surface area contributed by atoms with Crippen LogP contribution in [0.1, 0.15) is 35.4 Å². The van der Waals surface area contributed by atoms with Gasteiger partial charge in [-0.2, -0.15) is 0 Å². The van der Waals surface area contributed by atoms with Crippen LogP contribution in [0.15, 0.2) is 11.4 Å². The van der Waals surface area contributed by atoms with E-state index in [0.29, 0.717) is 10.6 Å². The molecular formula is C12H17NO3S. The molecule has 1 aliphatic carbocycles. The third-order valence-corrected chi connectivity index (χ3v) is 3.99. The van der Waals surface area contributed by atoms with E-state index in [1.165, 1.54) is 11.3 Å². The number of carbonyl (C=O) groups excluding carboxylic acids is 1. The molecule has 0 saturated heterocycles. The highest BCUT2D eigenvalue weighted by Crippen LogP contribution is 2.23. The fourth-order valence-electron chi connectivity index (χ4n) is 2.06. The Bertz CT molecular complexity index is 391. The van der Waals surface area contributed by atoms with E-state index in [1.807, 2.05) is 0 Å². The molecule has 4 nitrogen and oxygen atoms in total. The van der Waals surface area contributed by atoms with Crippen LogP contribution in [-0.2, 0) is 0 Å². The van der Waals surface area contributed by atoms with E-state index in [2.05, 4.69) is 5.32 Å². The number of hydrogen-bond donors (Lipinski definition) is 2. The van der Waals surface area contributed by atoms with Crippen LogP contribution < -0.4 is 10.1 Å². The van der Waals surface area contributed by atoms with Crippen molar-refractivity contribution in [2.75, 3.05) is 7.11 Å². The first-order chi connectivity index (χ1) is 8.20. The zero-order valence-corrected chi connectivity index (χ0v) is 10.6. The van der Waals surface area contributed by atoms with Crippen LogP contribution in [0.2, 0.25) is 0 Å². The Morgan fingerprint density at radius 2 is 2.29 bits per heavy atom. The zero-order chi connectivity index (χ0) is 12.3. The summed E-state index contributed by atoms with van der Waals surface area (Å²) in [5.74, 6) is 0.577. The molecule has 0 aromatic carbocycles.